The van der Waals surface area contributed by atoms with Crippen molar-refractivity contribution in [3.63, 3.8) is 0 Å². The molecule has 0 saturated carbocycles. The van der Waals surface area contributed by atoms with Gasteiger partial charge in [-0.25, -0.2) is 13.2 Å². The molecule has 44 heavy (non-hydrogen) atoms. The quantitative estimate of drug-likeness (QED) is 0.257. The first-order valence-corrected chi connectivity index (χ1v) is 14.8. The van der Waals surface area contributed by atoms with Crippen LogP contribution in [0.3, 0.4) is 0 Å². The minimum absolute atomic E-state index is 0.0261. The fourth-order valence-electron chi connectivity index (χ4n) is 6.07. The minimum Gasteiger partial charge on any atom is -0.508 e. The van der Waals surface area contributed by atoms with Crippen LogP contribution in [0.25, 0.3) is 32.8 Å². The van der Waals surface area contributed by atoms with Gasteiger partial charge in [-0.3, -0.25) is 9.69 Å². The molecule has 1 N–H and O–H groups in total. The number of carbonyl (C=O) groups excluding carboxylic acids is 1. The highest BCUT2D eigenvalue weighted by molar-refractivity contribution is 6.35. The number of hydrogen-bond donors (Lipinski definition) is 1. The molecule has 12 heteroatoms. The number of benzene rings is 3. The molecule has 0 radical (unpaired) electrons. The number of ether oxygens (including phenoxy) is 1. The molecule has 8 nitrogen and oxygen atoms in total. The summed E-state index contributed by atoms with van der Waals surface area (Å²) < 4.78 is 49.9. The Morgan fingerprint density at radius 3 is 2.70 bits per heavy atom. The zero-order valence-corrected chi connectivity index (χ0v) is 24.8. The number of hydrogen-bond acceptors (Lipinski definition) is 7. The number of alkyl halides is 2. The summed E-state index contributed by atoms with van der Waals surface area (Å²) in [6.45, 7) is 6.83. The van der Waals surface area contributed by atoms with Crippen LogP contribution in [0.4, 0.5) is 19.0 Å². The molecule has 3 aromatic carbocycles. The fourth-order valence-corrected chi connectivity index (χ4v) is 6.37. The van der Waals surface area contributed by atoms with E-state index in [0.29, 0.717) is 47.2 Å². The molecule has 4 aromatic rings. The number of aromatic hydroxyl groups is 1. The molecule has 1 aromatic heterocycles. The fraction of sp³-hybridized carbons (Fsp3) is 0.344. The van der Waals surface area contributed by atoms with Crippen LogP contribution >= 0.6 is 11.6 Å². The van der Waals surface area contributed by atoms with Crippen LogP contribution in [0.1, 0.15) is 13.3 Å². The molecule has 0 spiro atoms. The second-order valence-electron chi connectivity index (χ2n) is 11.2. The molecule has 0 aliphatic carbocycles. The number of halogens is 4. The van der Waals surface area contributed by atoms with Gasteiger partial charge in [-0.2, -0.15) is 9.97 Å². The summed E-state index contributed by atoms with van der Waals surface area (Å²) in [6.07, 6.45) is 1.07. The predicted octanol–water partition coefficient (Wildman–Crippen LogP) is 5.89. The number of likely N-dealkylation sites (tertiary alicyclic amines) is 1. The van der Waals surface area contributed by atoms with Crippen LogP contribution in [0, 0.1) is 5.82 Å². The number of phenolic OH excluding ortho intramolecular Hbond substituents is 1. The zero-order chi connectivity index (χ0) is 31.2. The number of rotatable bonds is 7. The predicted molar refractivity (Wildman–Crippen MR) is 164 cm³/mol. The Morgan fingerprint density at radius 2 is 1.98 bits per heavy atom. The van der Waals surface area contributed by atoms with Gasteiger partial charge in [-0.05, 0) is 47.5 Å². The number of nitrogens with zero attached hydrogens (tertiary/aromatic N) is 5. The van der Waals surface area contributed by atoms with Crippen molar-refractivity contribution in [2.45, 2.75) is 25.3 Å². The molecule has 230 valence electrons. The topological polar surface area (TPSA) is 82.0 Å². The second-order valence-corrected chi connectivity index (χ2v) is 11.7. The Balaban J connectivity index is 1.43. The maximum Gasteiger partial charge on any atom is 0.319 e. The zero-order valence-electron chi connectivity index (χ0n) is 24.1. The van der Waals surface area contributed by atoms with Crippen LogP contribution in [-0.2, 0) is 4.79 Å². The van der Waals surface area contributed by atoms with E-state index in [2.05, 4.69) is 16.5 Å². The van der Waals surface area contributed by atoms with Crippen molar-refractivity contribution < 1.29 is 27.8 Å². The maximum absolute atomic E-state index is 16.7. The first kappa shape index (κ1) is 30.0. The summed E-state index contributed by atoms with van der Waals surface area (Å²) in [5, 5.41) is 12.3. The molecular formula is C32H31ClF3N5O3. The van der Waals surface area contributed by atoms with E-state index in [4.69, 9.17) is 16.3 Å². The summed E-state index contributed by atoms with van der Waals surface area (Å²) in [5.41, 5.74) is 0.422. The first-order valence-electron chi connectivity index (χ1n) is 14.4. The summed E-state index contributed by atoms with van der Waals surface area (Å²) in [6, 6.07) is 11.6. The molecule has 1 unspecified atom stereocenters. The Kier molecular flexibility index (Phi) is 8.02. The summed E-state index contributed by atoms with van der Waals surface area (Å²) in [5.74, 6) is -3.30. The summed E-state index contributed by atoms with van der Waals surface area (Å²) in [7, 11) is 0. The van der Waals surface area contributed by atoms with Crippen LogP contribution in [0.5, 0.6) is 11.8 Å². The number of carbonyl (C=O) groups is 1. The maximum atomic E-state index is 16.7. The van der Waals surface area contributed by atoms with Gasteiger partial charge >= 0.3 is 6.01 Å². The number of anilines is 1. The lowest BCUT2D eigenvalue weighted by atomic mass is 9.96. The normalized spacial score (nSPS) is 18.7. The Hall–Kier alpha value is -4.09. The number of phenols is 1. The van der Waals surface area contributed by atoms with Gasteiger partial charge < -0.3 is 19.6 Å². The average Bonchev–Trinajstić information content (AvgIpc) is 3.34. The van der Waals surface area contributed by atoms with E-state index in [-0.39, 0.29) is 72.5 Å². The largest absolute Gasteiger partial charge is 0.508 e. The molecule has 2 saturated heterocycles. The van der Waals surface area contributed by atoms with Crippen LogP contribution < -0.4 is 9.64 Å². The number of piperazine rings is 1. The smallest absolute Gasteiger partial charge is 0.319 e. The summed E-state index contributed by atoms with van der Waals surface area (Å²) in [4.78, 5) is 26.6. The van der Waals surface area contributed by atoms with Gasteiger partial charge in [-0.1, -0.05) is 42.4 Å². The van der Waals surface area contributed by atoms with Crippen molar-refractivity contribution in [1.82, 2.24) is 19.8 Å². The number of amides is 1. The molecule has 2 fully saturated rings. The Labute approximate surface area is 257 Å². The van der Waals surface area contributed by atoms with E-state index in [1.807, 2.05) is 36.1 Å². The average molecular weight is 626 g/mol. The molecule has 1 amide bonds. The highest BCUT2D eigenvalue weighted by atomic mass is 35.5. The van der Waals surface area contributed by atoms with Crippen molar-refractivity contribution in [2.75, 3.05) is 50.8 Å². The third-order valence-electron chi connectivity index (χ3n) is 8.23. The lowest BCUT2D eigenvalue weighted by Crippen LogP contribution is -2.54. The van der Waals surface area contributed by atoms with Gasteiger partial charge in [0, 0.05) is 56.1 Å². The van der Waals surface area contributed by atoms with E-state index in [1.165, 1.54) is 12.1 Å². The lowest BCUT2D eigenvalue weighted by molar-refractivity contribution is -0.128. The second kappa shape index (κ2) is 11.8. The first-order chi connectivity index (χ1) is 21.0. The third-order valence-corrected chi connectivity index (χ3v) is 8.53. The van der Waals surface area contributed by atoms with Crippen molar-refractivity contribution in [2.24, 2.45) is 0 Å². The van der Waals surface area contributed by atoms with Crippen molar-refractivity contribution >= 4 is 45.0 Å². The van der Waals surface area contributed by atoms with Crippen LogP contribution in [0.15, 0.2) is 55.1 Å². The van der Waals surface area contributed by atoms with Gasteiger partial charge in [0.2, 0.25) is 5.91 Å². The molecular weight excluding hydrogens is 595 g/mol. The van der Waals surface area contributed by atoms with E-state index in [1.54, 1.807) is 21.9 Å². The lowest BCUT2D eigenvalue weighted by Gasteiger charge is -2.40. The van der Waals surface area contributed by atoms with E-state index in [0.717, 1.165) is 0 Å². The van der Waals surface area contributed by atoms with Gasteiger partial charge in [0.25, 0.3) is 5.92 Å². The van der Waals surface area contributed by atoms with Crippen LogP contribution in [-0.4, -0.2) is 88.6 Å². The standard InChI is InChI=1S/C32H31ClF3N5O3/c1-3-26(43)41-11-10-40(17-19(41)2)30-24-16-25(33)27(23-15-21(42)14-20-6-4-5-7-22(20)23)28(34)29(24)37-31(38-30)44-13-12-39-9-8-32(35,36)18-39/h3-7,14-16,19,42H,1,8-13,17-18H2,2H3. The summed E-state index contributed by atoms with van der Waals surface area (Å²) >= 11 is 6.78. The SMILES string of the molecule is C=CC(=O)N1CCN(c2nc(OCCN3CCC(F)(F)C3)nc3c(F)c(-c4cc(O)cc5ccccc45)c(Cl)cc23)CC1C. The Morgan fingerprint density at radius 1 is 1.18 bits per heavy atom. The Bertz CT molecular complexity index is 1770. The van der Waals surface area contributed by atoms with Gasteiger partial charge in [0.15, 0.2) is 5.82 Å². The van der Waals surface area contributed by atoms with Gasteiger partial charge in [0.1, 0.15) is 23.7 Å². The number of fused-ring (bicyclic) bond motifs is 2. The molecule has 0 bridgehead atoms. The van der Waals surface area contributed by atoms with Crippen molar-refractivity contribution in [3.05, 3.63) is 66.0 Å². The molecule has 3 heterocycles. The van der Waals surface area contributed by atoms with E-state index >= 15 is 4.39 Å². The highest BCUT2D eigenvalue weighted by Crippen LogP contribution is 2.42. The molecule has 1 atom stereocenters. The van der Waals surface area contributed by atoms with Gasteiger partial charge in [-0.15, -0.1) is 0 Å². The van der Waals surface area contributed by atoms with Crippen LogP contribution in [0.2, 0.25) is 5.02 Å². The third kappa shape index (κ3) is 5.73. The minimum atomic E-state index is -2.73. The highest BCUT2D eigenvalue weighted by Gasteiger charge is 2.38. The van der Waals surface area contributed by atoms with E-state index < -0.39 is 11.7 Å². The monoisotopic (exact) mass is 625 g/mol. The van der Waals surface area contributed by atoms with E-state index in [9.17, 15) is 18.7 Å². The van der Waals surface area contributed by atoms with Crippen molar-refractivity contribution in [1.29, 1.82) is 0 Å². The van der Waals surface area contributed by atoms with Crippen molar-refractivity contribution in [3.8, 4) is 22.9 Å². The number of aromatic nitrogens is 2. The molecule has 6 rings (SSSR count). The van der Waals surface area contributed by atoms with Gasteiger partial charge in [0.05, 0.1) is 11.6 Å². The molecule has 2 aliphatic rings. The molecule has 2 aliphatic heterocycles.